The average molecular weight is 367 g/mol. The van der Waals surface area contributed by atoms with Crippen molar-refractivity contribution in [1.29, 1.82) is 0 Å². The Balaban J connectivity index is 3.06. The number of hydrogen-bond donors (Lipinski definition) is 2. The van der Waals surface area contributed by atoms with Gasteiger partial charge in [-0.25, -0.2) is 4.79 Å². The third kappa shape index (κ3) is 3.44. The molecule has 0 aromatic heterocycles. The number of aliphatic carboxylic acids is 1. The number of ether oxygens (including phenoxy) is 1. The summed E-state index contributed by atoms with van der Waals surface area (Å²) in [5.41, 5.74) is 0.355. The van der Waals surface area contributed by atoms with E-state index in [1.54, 1.807) is 12.1 Å². The number of halogens is 2. The van der Waals surface area contributed by atoms with E-state index in [1.165, 1.54) is 7.11 Å². The molecule has 1 aromatic carbocycles. The van der Waals surface area contributed by atoms with Crippen LogP contribution in [0.5, 0.6) is 5.75 Å². The first-order valence-electron chi connectivity index (χ1n) is 4.45. The van der Waals surface area contributed by atoms with Crippen LogP contribution in [0.1, 0.15) is 5.56 Å². The van der Waals surface area contributed by atoms with Gasteiger partial charge in [-0.05, 0) is 49.6 Å². The molecule has 92 valence electrons. The van der Waals surface area contributed by atoms with Crippen LogP contribution < -0.4 is 4.74 Å². The lowest BCUT2D eigenvalue weighted by Gasteiger charge is -2.08. The predicted octanol–water partition coefficient (Wildman–Crippen LogP) is 2.68. The Bertz CT molecular complexity index is 450. The fourth-order valence-electron chi connectivity index (χ4n) is 1.26. The van der Waals surface area contributed by atoms with Gasteiger partial charge >= 0.3 is 5.97 Å². The Morgan fingerprint density at radius 2 is 1.94 bits per heavy atom. The monoisotopic (exact) mass is 365 g/mol. The quantitative estimate of drug-likeness (QED) is 0.487. The second-order valence-electron chi connectivity index (χ2n) is 3.12. The minimum absolute atomic E-state index is 0.0209. The maximum Gasteiger partial charge on any atom is 0.354 e. The highest BCUT2D eigenvalue weighted by atomic mass is 79.9. The minimum atomic E-state index is -1.25. The number of oxime groups is 1. The second kappa shape index (κ2) is 6.02. The number of rotatable bonds is 4. The molecule has 0 bridgehead atoms. The molecule has 7 heteroatoms. The summed E-state index contributed by atoms with van der Waals surface area (Å²) in [5, 5.41) is 20.0. The number of nitrogens with zero attached hydrogens (tertiary/aromatic N) is 1. The van der Waals surface area contributed by atoms with E-state index < -0.39 is 5.97 Å². The number of carboxylic acids is 1. The van der Waals surface area contributed by atoms with Gasteiger partial charge in [0.1, 0.15) is 5.75 Å². The largest absolute Gasteiger partial charge is 0.494 e. The highest BCUT2D eigenvalue weighted by Gasteiger charge is 2.14. The summed E-state index contributed by atoms with van der Waals surface area (Å²) in [7, 11) is 1.53. The maximum atomic E-state index is 10.7. The van der Waals surface area contributed by atoms with E-state index in [2.05, 4.69) is 37.0 Å². The summed E-state index contributed by atoms with van der Waals surface area (Å²) < 4.78 is 6.49. The molecular weight excluding hydrogens is 358 g/mol. The molecule has 17 heavy (non-hydrogen) atoms. The van der Waals surface area contributed by atoms with Gasteiger partial charge in [-0.3, -0.25) is 0 Å². The smallest absolute Gasteiger partial charge is 0.354 e. The second-order valence-corrected chi connectivity index (χ2v) is 4.83. The van der Waals surface area contributed by atoms with Crippen molar-refractivity contribution in [2.45, 2.75) is 6.42 Å². The van der Waals surface area contributed by atoms with Gasteiger partial charge in [0.05, 0.1) is 16.1 Å². The van der Waals surface area contributed by atoms with Crippen molar-refractivity contribution < 1.29 is 19.8 Å². The summed E-state index contributed by atoms with van der Waals surface area (Å²) >= 11 is 6.60. The highest BCUT2D eigenvalue weighted by Crippen LogP contribution is 2.34. The summed E-state index contributed by atoms with van der Waals surface area (Å²) in [6.45, 7) is 0. The molecule has 5 nitrogen and oxygen atoms in total. The van der Waals surface area contributed by atoms with Crippen molar-refractivity contribution in [3.8, 4) is 5.75 Å². The molecule has 0 saturated heterocycles. The van der Waals surface area contributed by atoms with Crippen LogP contribution in [0, 0.1) is 0 Å². The lowest BCUT2D eigenvalue weighted by atomic mass is 10.1. The molecule has 0 aliphatic carbocycles. The van der Waals surface area contributed by atoms with E-state index >= 15 is 0 Å². The topological polar surface area (TPSA) is 79.1 Å². The zero-order chi connectivity index (χ0) is 13.0. The van der Waals surface area contributed by atoms with Gasteiger partial charge in [-0.15, -0.1) is 0 Å². The van der Waals surface area contributed by atoms with Crippen LogP contribution in [-0.2, 0) is 11.2 Å². The molecule has 0 radical (unpaired) electrons. The first kappa shape index (κ1) is 14.0. The Kier molecular flexibility index (Phi) is 4.95. The van der Waals surface area contributed by atoms with Crippen molar-refractivity contribution in [1.82, 2.24) is 0 Å². The van der Waals surface area contributed by atoms with Crippen LogP contribution in [0.25, 0.3) is 0 Å². The molecule has 0 spiro atoms. The van der Waals surface area contributed by atoms with E-state index in [0.29, 0.717) is 20.3 Å². The number of benzene rings is 1. The van der Waals surface area contributed by atoms with Crippen LogP contribution in [0.2, 0.25) is 0 Å². The molecule has 0 atom stereocenters. The highest BCUT2D eigenvalue weighted by molar-refractivity contribution is 9.11. The van der Waals surface area contributed by atoms with Crippen LogP contribution in [-0.4, -0.2) is 29.1 Å². The van der Waals surface area contributed by atoms with Gasteiger partial charge in [-0.1, -0.05) is 5.16 Å². The zero-order valence-corrected chi connectivity index (χ0v) is 11.9. The number of carbonyl (C=O) groups is 1. The number of methoxy groups -OCH3 is 1. The lowest BCUT2D eigenvalue weighted by Crippen LogP contribution is -2.15. The normalized spacial score (nSPS) is 11.4. The van der Waals surface area contributed by atoms with E-state index in [0.717, 1.165) is 0 Å². The lowest BCUT2D eigenvalue weighted by molar-refractivity contribution is -0.129. The Labute approximate surface area is 114 Å². The molecule has 1 aromatic rings. The van der Waals surface area contributed by atoms with Crippen LogP contribution in [0.15, 0.2) is 26.2 Å². The van der Waals surface area contributed by atoms with Crippen molar-refractivity contribution in [2.24, 2.45) is 5.16 Å². The third-order valence-corrected chi connectivity index (χ3v) is 3.18. The molecule has 0 aliphatic heterocycles. The van der Waals surface area contributed by atoms with Crippen molar-refractivity contribution in [3.63, 3.8) is 0 Å². The van der Waals surface area contributed by atoms with Gasteiger partial charge < -0.3 is 15.1 Å². The summed E-state index contributed by atoms with van der Waals surface area (Å²) in [6, 6.07) is 3.41. The molecule has 0 amide bonds. The molecule has 0 fully saturated rings. The van der Waals surface area contributed by atoms with Crippen LogP contribution >= 0.6 is 31.9 Å². The van der Waals surface area contributed by atoms with Gasteiger partial charge in [0.25, 0.3) is 0 Å². The fraction of sp³-hybridized carbons (Fsp3) is 0.200. The SMILES string of the molecule is COc1c(Br)cc(C/C(=N/O)C(=O)O)cc1Br. The summed E-state index contributed by atoms with van der Waals surface area (Å²) in [6.07, 6.45) is 0.0209. The van der Waals surface area contributed by atoms with Gasteiger partial charge in [-0.2, -0.15) is 0 Å². The van der Waals surface area contributed by atoms with Crippen LogP contribution in [0.4, 0.5) is 0 Å². The Morgan fingerprint density at radius 1 is 1.41 bits per heavy atom. The van der Waals surface area contributed by atoms with Gasteiger partial charge in [0, 0.05) is 6.42 Å². The molecule has 2 N–H and O–H groups in total. The summed E-state index contributed by atoms with van der Waals surface area (Å²) in [5.74, 6) is -0.637. The van der Waals surface area contributed by atoms with Gasteiger partial charge in [0.15, 0.2) is 5.71 Å². The predicted molar refractivity (Wildman–Crippen MR) is 69.0 cm³/mol. The van der Waals surface area contributed by atoms with Crippen LogP contribution in [0.3, 0.4) is 0 Å². The molecule has 0 saturated carbocycles. The van der Waals surface area contributed by atoms with E-state index in [4.69, 9.17) is 15.1 Å². The zero-order valence-electron chi connectivity index (χ0n) is 8.78. The molecule has 1 rings (SSSR count). The third-order valence-electron chi connectivity index (χ3n) is 2.00. The minimum Gasteiger partial charge on any atom is -0.494 e. The molecular formula is C10H9Br2NO4. The van der Waals surface area contributed by atoms with E-state index in [9.17, 15) is 4.79 Å². The Morgan fingerprint density at radius 3 is 2.29 bits per heavy atom. The molecule has 0 unspecified atom stereocenters. The standard InChI is InChI=1S/C10H9Br2NO4/c1-17-9-6(11)2-5(3-7(9)12)4-8(13-16)10(14)15/h2-3,16H,4H2,1H3,(H,14,15)/b13-8-. The number of hydrogen-bond acceptors (Lipinski definition) is 4. The van der Waals surface area contributed by atoms with Crippen molar-refractivity contribution in [3.05, 3.63) is 26.6 Å². The average Bonchev–Trinajstić information content (AvgIpc) is 2.25. The Hall–Kier alpha value is -1.08. The van der Waals surface area contributed by atoms with E-state index in [1.807, 2.05) is 0 Å². The van der Waals surface area contributed by atoms with Crippen molar-refractivity contribution in [2.75, 3.05) is 7.11 Å². The fourth-order valence-corrected chi connectivity index (χ4v) is 2.86. The van der Waals surface area contributed by atoms with Crippen molar-refractivity contribution >= 4 is 43.5 Å². The van der Waals surface area contributed by atoms with E-state index in [-0.39, 0.29) is 12.1 Å². The molecule has 0 aliphatic rings. The number of carboxylic acid groups (broad SMARTS) is 1. The summed E-state index contributed by atoms with van der Waals surface area (Å²) in [4.78, 5) is 10.7. The first-order chi connectivity index (χ1) is 7.99. The molecule has 0 heterocycles. The first-order valence-corrected chi connectivity index (χ1v) is 6.04. The maximum absolute atomic E-state index is 10.7. The van der Waals surface area contributed by atoms with Gasteiger partial charge in [0.2, 0.25) is 0 Å².